The largest absolute Gasteiger partial charge is 0.493 e. The standard InChI is InChI=1S/C30H28BrN7O4/c1-17-18(2)25(9-8-21(17)31)38-28(40)20(27(39)35-30(38)42)16-32-24-14-22-23(34-29(41)33-22)15-26(24)37-12-10-36(11-13-37)19-6-4-3-5-7-19/h3-9,14-16,40H,10-13H2,1-2H3,(H2,33,34,41)(H,35,39,42). The van der Waals surface area contributed by atoms with E-state index in [0.29, 0.717) is 35.5 Å². The summed E-state index contributed by atoms with van der Waals surface area (Å²) in [5, 5.41) is 11.2. The van der Waals surface area contributed by atoms with Crippen LogP contribution in [0.3, 0.4) is 0 Å². The van der Waals surface area contributed by atoms with Gasteiger partial charge in [-0.1, -0.05) is 34.1 Å². The molecule has 0 spiro atoms. The molecule has 5 aromatic rings. The molecule has 0 aliphatic carbocycles. The van der Waals surface area contributed by atoms with E-state index in [1.165, 1.54) is 6.21 Å². The molecule has 0 radical (unpaired) electrons. The Morgan fingerprint density at radius 2 is 1.50 bits per heavy atom. The summed E-state index contributed by atoms with van der Waals surface area (Å²) in [6, 6.07) is 17.3. The first-order valence-corrected chi connectivity index (χ1v) is 14.2. The second-order valence-corrected chi connectivity index (χ2v) is 11.0. The molecule has 0 amide bonds. The zero-order valence-corrected chi connectivity index (χ0v) is 24.5. The van der Waals surface area contributed by atoms with Gasteiger partial charge in [-0.25, -0.2) is 14.2 Å². The Morgan fingerprint density at radius 3 is 2.21 bits per heavy atom. The van der Waals surface area contributed by atoms with E-state index in [2.05, 4.69) is 57.8 Å². The number of benzene rings is 3. The van der Waals surface area contributed by atoms with E-state index in [1.807, 2.05) is 38.1 Å². The lowest BCUT2D eigenvalue weighted by Crippen LogP contribution is -2.46. The molecule has 0 bridgehead atoms. The number of H-pyrrole nitrogens is 3. The number of aromatic nitrogens is 4. The van der Waals surface area contributed by atoms with Gasteiger partial charge in [0.15, 0.2) is 0 Å². The van der Waals surface area contributed by atoms with E-state index in [4.69, 9.17) is 0 Å². The highest BCUT2D eigenvalue weighted by atomic mass is 79.9. The van der Waals surface area contributed by atoms with Gasteiger partial charge in [0.2, 0.25) is 5.88 Å². The van der Waals surface area contributed by atoms with Gasteiger partial charge in [-0.05, 0) is 61.4 Å². The molecule has 1 aliphatic rings. The third kappa shape index (κ3) is 4.94. The van der Waals surface area contributed by atoms with E-state index >= 15 is 0 Å². The predicted molar refractivity (Wildman–Crippen MR) is 169 cm³/mol. The van der Waals surface area contributed by atoms with Crippen LogP contribution < -0.4 is 26.7 Å². The lowest BCUT2D eigenvalue weighted by molar-refractivity contribution is 0.430. The molecule has 0 atom stereocenters. The Morgan fingerprint density at radius 1 is 0.833 bits per heavy atom. The Labute approximate surface area is 247 Å². The fraction of sp³-hybridized carbons (Fsp3) is 0.200. The summed E-state index contributed by atoms with van der Waals surface area (Å²) in [4.78, 5) is 54.7. The number of anilines is 2. The van der Waals surface area contributed by atoms with E-state index < -0.39 is 17.1 Å². The van der Waals surface area contributed by atoms with Gasteiger partial charge in [-0.3, -0.25) is 14.8 Å². The fourth-order valence-corrected chi connectivity index (χ4v) is 5.72. The second kappa shape index (κ2) is 10.9. The molecule has 3 aromatic carbocycles. The maximum absolute atomic E-state index is 12.8. The predicted octanol–water partition coefficient (Wildman–Crippen LogP) is 3.86. The molecule has 0 unspecified atom stereocenters. The average Bonchev–Trinajstić information content (AvgIpc) is 3.35. The monoisotopic (exact) mass is 629 g/mol. The summed E-state index contributed by atoms with van der Waals surface area (Å²) < 4.78 is 1.92. The second-order valence-electron chi connectivity index (χ2n) is 10.2. The summed E-state index contributed by atoms with van der Waals surface area (Å²) in [5.74, 6) is -0.522. The number of rotatable bonds is 5. The van der Waals surface area contributed by atoms with Gasteiger partial charge in [0.25, 0.3) is 5.56 Å². The van der Waals surface area contributed by atoms with Crippen LogP contribution in [0, 0.1) is 13.8 Å². The van der Waals surface area contributed by atoms with Crippen LogP contribution in [-0.2, 0) is 0 Å². The number of nitrogens with one attached hydrogen (secondary N) is 3. The highest BCUT2D eigenvalue weighted by molar-refractivity contribution is 9.10. The topological polar surface area (TPSA) is 143 Å². The summed E-state index contributed by atoms with van der Waals surface area (Å²) >= 11 is 3.48. The number of piperazine rings is 1. The molecule has 12 heteroatoms. The van der Waals surface area contributed by atoms with Gasteiger partial charge in [0.05, 0.1) is 28.1 Å². The molecule has 1 saturated heterocycles. The number of aliphatic imine (C=N–C) groups is 1. The smallest absolute Gasteiger partial charge is 0.335 e. The van der Waals surface area contributed by atoms with E-state index in [1.54, 1.807) is 18.2 Å². The minimum atomic E-state index is -0.766. The third-order valence-electron chi connectivity index (χ3n) is 7.74. The SMILES string of the molecule is Cc1c(Br)ccc(-n2c(O)c(C=Nc3cc4[nH]c(=O)[nH]c4cc3N3CCN(c4ccccc4)CC3)c(=O)[nH]c2=O)c1C. The molecule has 6 rings (SSSR count). The molecule has 1 fully saturated rings. The molecule has 3 heterocycles. The van der Waals surface area contributed by atoms with E-state index in [9.17, 15) is 19.5 Å². The van der Waals surface area contributed by atoms with Crippen LogP contribution >= 0.6 is 15.9 Å². The Hall–Kier alpha value is -4.84. The van der Waals surface area contributed by atoms with Crippen molar-refractivity contribution in [3.8, 4) is 11.6 Å². The van der Waals surface area contributed by atoms with Gasteiger partial charge in [-0.15, -0.1) is 0 Å². The van der Waals surface area contributed by atoms with Crippen molar-refractivity contribution in [2.24, 2.45) is 4.99 Å². The molecule has 1 aliphatic heterocycles. The van der Waals surface area contributed by atoms with Crippen molar-refractivity contribution >= 4 is 50.2 Å². The maximum Gasteiger partial charge on any atom is 0.335 e. The molecular formula is C30H28BrN7O4. The summed E-state index contributed by atoms with van der Waals surface area (Å²) in [5.41, 5.74) is 3.67. The molecule has 2 aromatic heterocycles. The first kappa shape index (κ1) is 27.3. The van der Waals surface area contributed by atoms with Crippen molar-refractivity contribution in [3.05, 3.63) is 107 Å². The van der Waals surface area contributed by atoms with Gasteiger partial charge in [-0.2, -0.15) is 0 Å². The molecule has 0 saturated carbocycles. The van der Waals surface area contributed by atoms with Crippen molar-refractivity contribution in [1.82, 2.24) is 19.5 Å². The number of imidazole rings is 1. The number of hydrogen-bond acceptors (Lipinski definition) is 7. The van der Waals surface area contributed by atoms with Crippen LogP contribution in [0.5, 0.6) is 5.88 Å². The third-order valence-corrected chi connectivity index (χ3v) is 8.60. The van der Waals surface area contributed by atoms with E-state index in [0.717, 1.165) is 44.6 Å². The number of para-hydroxylation sites is 1. The maximum atomic E-state index is 12.8. The van der Waals surface area contributed by atoms with Gasteiger partial charge in [0.1, 0.15) is 5.56 Å². The fourth-order valence-electron chi connectivity index (χ4n) is 5.29. The number of fused-ring (bicyclic) bond motifs is 1. The van der Waals surface area contributed by atoms with Crippen molar-refractivity contribution < 1.29 is 5.11 Å². The quantitative estimate of drug-likeness (QED) is 0.218. The number of hydrogen-bond donors (Lipinski definition) is 4. The average molecular weight is 631 g/mol. The minimum absolute atomic E-state index is 0.169. The molecule has 11 nitrogen and oxygen atoms in total. The number of aromatic hydroxyl groups is 1. The lowest BCUT2D eigenvalue weighted by Gasteiger charge is -2.37. The lowest BCUT2D eigenvalue weighted by atomic mass is 10.1. The van der Waals surface area contributed by atoms with Gasteiger partial charge >= 0.3 is 11.4 Å². The summed E-state index contributed by atoms with van der Waals surface area (Å²) in [6.07, 6.45) is 1.25. The minimum Gasteiger partial charge on any atom is -0.493 e. The Balaban J connectivity index is 1.40. The van der Waals surface area contributed by atoms with Crippen LogP contribution in [-0.4, -0.2) is 57.0 Å². The molecular weight excluding hydrogens is 602 g/mol. The van der Waals surface area contributed by atoms with Crippen molar-refractivity contribution in [2.45, 2.75) is 13.8 Å². The Kier molecular flexibility index (Phi) is 7.07. The van der Waals surface area contributed by atoms with Crippen LogP contribution in [0.25, 0.3) is 16.7 Å². The van der Waals surface area contributed by atoms with Crippen LogP contribution in [0.1, 0.15) is 16.7 Å². The highest BCUT2D eigenvalue weighted by Gasteiger charge is 2.22. The van der Waals surface area contributed by atoms with Crippen molar-refractivity contribution in [2.75, 3.05) is 36.0 Å². The highest BCUT2D eigenvalue weighted by Crippen LogP contribution is 2.34. The zero-order chi connectivity index (χ0) is 29.5. The molecule has 214 valence electrons. The number of nitrogens with zero attached hydrogens (tertiary/aromatic N) is 4. The van der Waals surface area contributed by atoms with E-state index in [-0.39, 0.29) is 11.3 Å². The summed E-state index contributed by atoms with van der Waals surface area (Å²) in [6.45, 7) is 6.70. The normalized spacial score (nSPS) is 13.9. The van der Waals surface area contributed by atoms with Gasteiger partial charge in [0, 0.05) is 42.6 Å². The van der Waals surface area contributed by atoms with Crippen LogP contribution in [0.2, 0.25) is 0 Å². The van der Waals surface area contributed by atoms with Gasteiger partial charge < -0.3 is 24.9 Å². The van der Waals surface area contributed by atoms with Crippen LogP contribution in [0.15, 0.2) is 78.4 Å². The molecule has 4 N–H and O–H groups in total. The number of halogens is 1. The Bertz CT molecular complexity index is 2020. The first-order chi connectivity index (χ1) is 20.2. The molecule has 42 heavy (non-hydrogen) atoms. The first-order valence-electron chi connectivity index (χ1n) is 13.4. The van der Waals surface area contributed by atoms with Crippen LogP contribution in [0.4, 0.5) is 17.1 Å². The zero-order valence-electron chi connectivity index (χ0n) is 22.9. The summed E-state index contributed by atoms with van der Waals surface area (Å²) in [7, 11) is 0. The van der Waals surface area contributed by atoms with Crippen molar-refractivity contribution in [1.29, 1.82) is 0 Å². The van der Waals surface area contributed by atoms with Crippen molar-refractivity contribution in [3.63, 3.8) is 0 Å². The number of aromatic amines is 3.